The third kappa shape index (κ3) is 3.62. The van der Waals surface area contributed by atoms with Crippen molar-refractivity contribution in [3.63, 3.8) is 0 Å². The first-order valence-electron chi connectivity index (χ1n) is 7.62. The largest absolute Gasteiger partial charge is 0.393 e. The Balaban J connectivity index is 1.79. The van der Waals surface area contributed by atoms with Crippen molar-refractivity contribution in [2.45, 2.75) is 37.8 Å². The van der Waals surface area contributed by atoms with Crippen LogP contribution >= 0.6 is 0 Å². The maximum atomic E-state index is 12.4. The summed E-state index contributed by atoms with van der Waals surface area (Å²) in [7, 11) is 0. The van der Waals surface area contributed by atoms with Gasteiger partial charge in [0, 0.05) is 24.0 Å². The van der Waals surface area contributed by atoms with E-state index in [1.54, 1.807) is 24.5 Å². The average molecular weight is 314 g/mol. The molecule has 2 aromatic heterocycles. The predicted molar refractivity (Wildman–Crippen MR) is 83.8 cm³/mol. The molecular formula is C16H18N4O3. The molecule has 3 N–H and O–H groups in total. The van der Waals surface area contributed by atoms with E-state index >= 15 is 0 Å². The first-order valence-corrected chi connectivity index (χ1v) is 7.62. The van der Waals surface area contributed by atoms with E-state index in [9.17, 15) is 14.7 Å². The van der Waals surface area contributed by atoms with Crippen LogP contribution in [0.15, 0.2) is 35.4 Å². The Kier molecular flexibility index (Phi) is 4.47. The lowest BCUT2D eigenvalue weighted by atomic mass is 9.93. The van der Waals surface area contributed by atoms with Gasteiger partial charge in [-0.3, -0.25) is 14.6 Å². The molecule has 0 radical (unpaired) electrons. The van der Waals surface area contributed by atoms with E-state index in [2.05, 4.69) is 20.5 Å². The van der Waals surface area contributed by atoms with Crippen LogP contribution in [0.3, 0.4) is 0 Å². The summed E-state index contributed by atoms with van der Waals surface area (Å²) >= 11 is 0. The number of aliphatic hydroxyl groups is 1. The first-order chi connectivity index (χ1) is 11.1. The van der Waals surface area contributed by atoms with Gasteiger partial charge in [0.25, 0.3) is 11.5 Å². The van der Waals surface area contributed by atoms with Crippen molar-refractivity contribution in [2.24, 2.45) is 0 Å². The number of carbonyl (C=O) groups is 1. The Labute approximate surface area is 132 Å². The molecule has 1 aliphatic rings. The van der Waals surface area contributed by atoms with Gasteiger partial charge < -0.3 is 10.4 Å². The number of aromatic nitrogens is 3. The molecule has 23 heavy (non-hydrogen) atoms. The molecule has 0 aromatic carbocycles. The van der Waals surface area contributed by atoms with Crippen LogP contribution < -0.4 is 10.9 Å². The number of nitrogens with zero attached hydrogens (tertiary/aromatic N) is 2. The maximum absolute atomic E-state index is 12.4. The van der Waals surface area contributed by atoms with Gasteiger partial charge in [-0.2, -0.15) is 5.10 Å². The quantitative estimate of drug-likeness (QED) is 0.779. The van der Waals surface area contributed by atoms with E-state index in [0.29, 0.717) is 31.4 Å². The van der Waals surface area contributed by atoms with Gasteiger partial charge in [0.05, 0.1) is 11.8 Å². The predicted octanol–water partition coefficient (Wildman–Crippen LogP) is 0.865. The van der Waals surface area contributed by atoms with E-state index in [4.69, 9.17) is 0 Å². The molecule has 1 aliphatic carbocycles. The van der Waals surface area contributed by atoms with Crippen molar-refractivity contribution in [3.8, 4) is 11.3 Å². The number of hydrogen-bond acceptors (Lipinski definition) is 5. The molecule has 2 heterocycles. The number of amides is 1. The lowest BCUT2D eigenvalue weighted by Gasteiger charge is -2.26. The van der Waals surface area contributed by atoms with Crippen LogP contribution in [0.2, 0.25) is 0 Å². The minimum absolute atomic E-state index is 0.0113. The lowest BCUT2D eigenvalue weighted by molar-refractivity contribution is 0.0866. The van der Waals surface area contributed by atoms with Crippen molar-refractivity contribution < 1.29 is 9.90 Å². The Hall–Kier alpha value is -2.54. The van der Waals surface area contributed by atoms with Gasteiger partial charge in [-0.05, 0) is 43.9 Å². The zero-order chi connectivity index (χ0) is 16.2. The maximum Gasteiger partial charge on any atom is 0.277 e. The van der Waals surface area contributed by atoms with Crippen LogP contribution in [0.1, 0.15) is 36.0 Å². The van der Waals surface area contributed by atoms with Crippen molar-refractivity contribution in [1.82, 2.24) is 20.5 Å². The fraction of sp³-hybridized carbons (Fsp3) is 0.375. The standard InChI is InChI=1S/C16H18N4O3/c21-12-3-1-11(2-4-12)18-15(22)13-9-14(19-20-16(13)23)10-5-7-17-8-6-10/h5-9,11-12,21H,1-4H2,(H,18,22)(H,20,23). The number of hydrogen-bond donors (Lipinski definition) is 3. The molecule has 7 nitrogen and oxygen atoms in total. The van der Waals surface area contributed by atoms with Crippen molar-refractivity contribution >= 4 is 5.91 Å². The number of nitrogens with one attached hydrogen (secondary N) is 2. The summed E-state index contributed by atoms with van der Waals surface area (Å²) in [6.45, 7) is 0. The Bertz CT molecular complexity index is 736. The second-order valence-electron chi connectivity index (χ2n) is 5.71. The highest BCUT2D eigenvalue weighted by Crippen LogP contribution is 2.19. The van der Waals surface area contributed by atoms with Crippen molar-refractivity contribution in [2.75, 3.05) is 0 Å². The summed E-state index contributed by atoms with van der Waals surface area (Å²) in [6, 6.07) is 4.99. The molecule has 0 spiro atoms. The third-order valence-corrected chi connectivity index (χ3v) is 4.06. The molecule has 0 atom stereocenters. The number of carbonyl (C=O) groups excluding carboxylic acids is 1. The Morgan fingerprint density at radius 3 is 2.61 bits per heavy atom. The number of aliphatic hydroxyl groups excluding tert-OH is 1. The van der Waals surface area contributed by atoms with Gasteiger partial charge in [-0.1, -0.05) is 0 Å². The van der Waals surface area contributed by atoms with Crippen LogP contribution in [0.5, 0.6) is 0 Å². The van der Waals surface area contributed by atoms with Gasteiger partial charge >= 0.3 is 0 Å². The molecule has 120 valence electrons. The van der Waals surface area contributed by atoms with Crippen molar-refractivity contribution in [1.29, 1.82) is 0 Å². The number of rotatable bonds is 3. The molecular weight excluding hydrogens is 296 g/mol. The van der Waals surface area contributed by atoms with Crippen LogP contribution in [-0.2, 0) is 0 Å². The van der Waals surface area contributed by atoms with E-state index in [1.165, 1.54) is 6.07 Å². The van der Waals surface area contributed by atoms with E-state index in [0.717, 1.165) is 5.56 Å². The number of H-pyrrole nitrogens is 1. The van der Waals surface area contributed by atoms with Gasteiger partial charge in [0.2, 0.25) is 0 Å². The van der Waals surface area contributed by atoms with Gasteiger partial charge in [0.15, 0.2) is 0 Å². The zero-order valence-corrected chi connectivity index (χ0v) is 12.5. The SMILES string of the molecule is O=C(NC1CCC(O)CC1)c1cc(-c2ccncc2)n[nH]c1=O. The molecule has 1 fully saturated rings. The molecule has 0 aliphatic heterocycles. The van der Waals surface area contributed by atoms with Crippen LogP contribution in [0, 0.1) is 0 Å². The highest BCUT2D eigenvalue weighted by molar-refractivity contribution is 5.94. The van der Waals surface area contributed by atoms with Crippen LogP contribution in [0.25, 0.3) is 11.3 Å². The summed E-state index contributed by atoms with van der Waals surface area (Å²) in [5.74, 6) is -0.412. The summed E-state index contributed by atoms with van der Waals surface area (Å²) in [5, 5.41) is 18.7. The number of pyridine rings is 1. The summed E-state index contributed by atoms with van der Waals surface area (Å²) in [6.07, 6.45) is 5.72. The van der Waals surface area contributed by atoms with Crippen LogP contribution in [-0.4, -0.2) is 38.3 Å². The van der Waals surface area contributed by atoms with E-state index in [-0.39, 0.29) is 17.7 Å². The normalized spacial score (nSPS) is 20.9. The van der Waals surface area contributed by atoms with Gasteiger partial charge in [-0.15, -0.1) is 0 Å². The van der Waals surface area contributed by atoms with Crippen LogP contribution in [0.4, 0.5) is 0 Å². The minimum atomic E-state index is -0.517. The summed E-state index contributed by atoms with van der Waals surface area (Å²) < 4.78 is 0. The van der Waals surface area contributed by atoms with E-state index in [1.807, 2.05) is 0 Å². The zero-order valence-electron chi connectivity index (χ0n) is 12.5. The molecule has 0 bridgehead atoms. The lowest BCUT2D eigenvalue weighted by Crippen LogP contribution is -2.40. The summed E-state index contributed by atoms with van der Waals surface area (Å²) in [4.78, 5) is 28.2. The molecule has 0 unspecified atom stereocenters. The topological polar surface area (TPSA) is 108 Å². The fourth-order valence-electron chi connectivity index (χ4n) is 2.73. The van der Waals surface area contributed by atoms with Crippen molar-refractivity contribution in [3.05, 3.63) is 46.5 Å². The Morgan fingerprint density at radius 1 is 1.22 bits per heavy atom. The molecule has 2 aromatic rings. The first kappa shape index (κ1) is 15.4. The van der Waals surface area contributed by atoms with E-state index < -0.39 is 11.5 Å². The molecule has 1 saturated carbocycles. The average Bonchev–Trinajstić information content (AvgIpc) is 2.58. The monoisotopic (exact) mass is 314 g/mol. The second-order valence-corrected chi connectivity index (χ2v) is 5.71. The van der Waals surface area contributed by atoms with Gasteiger partial charge in [-0.25, -0.2) is 5.10 Å². The highest BCUT2D eigenvalue weighted by atomic mass is 16.3. The minimum Gasteiger partial charge on any atom is -0.393 e. The second kappa shape index (κ2) is 6.70. The smallest absolute Gasteiger partial charge is 0.277 e. The highest BCUT2D eigenvalue weighted by Gasteiger charge is 2.22. The Morgan fingerprint density at radius 2 is 1.91 bits per heavy atom. The third-order valence-electron chi connectivity index (χ3n) is 4.06. The summed E-state index contributed by atoms with van der Waals surface area (Å²) in [5.41, 5.74) is 0.802. The molecule has 7 heteroatoms. The van der Waals surface area contributed by atoms with Gasteiger partial charge in [0.1, 0.15) is 5.56 Å². The molecule has 0 saturated heterocycles. The molecule has 1 amide bonds. The number of aromatic amines is 1. The molecule has 3 rings (SSSR count). The fourth-order valence-corrected chi connectivity index (χ4v) is 2.73.